The van der Waals surface area contributed by atoms with Gasteiger partial charge in [-0.1, -0.05) is 29.8 Å². The summed E-state index contributed by atoms with van der Waals surface area (Å²) in [4.78, 5) is 11.5. The molecule has 0 saturated carbocycles. The lowest BCUT2D eigenvalue weighted by Crippen LogP contribution is -2.17. The number of alkyl halides is 3. The molecule has 1 N–H and O–H groups in total. The maximum Gasteiger partial charge on any atom is 0.452 e. The normalized spacial score (nSPS) is 18.1. The molecule has 3 aromatic rings. The second-order valence-corrected chi connectivity index (χ2v) is 7.20. The van der Waals surface area contributed by atoms with E-state index in [4.69, 9.17) is 21.1 Å². The molecule has 7 nitrogen and oxygen atoms in total. The van der Waals surface area contributed by atoms with Crippen molar-refractivity contribution in [1.82, 2.24) is 14.8 Å². The average molecular weight is 454 g/mol. The van der Waals surface area contributed by atoms with Gasteiger partial charge in [-0.25, -0.2) is 0 Å². The molecule has 1 aliphatic heterocycles. The number of halogens is 4. The number of carbonyl (C=O) groups is 1. The molecule has 1 aromatic heterocycles. The van der Waals surface area contributed by atoms with Crippen molar-refractivity contribution >= 4 is 17.6 Å². The highest BCUT2D eigenvalue weighted by molar-refractivity contribution is 6.30. The van der Waals surface area contributed by atoms with Crippen LogP contribution in [-0.4, -0.2) is 33.0 Å². The van der Waals surface area contributed by atoms with Gasteiger partial charge in [0.2, 0.25) is 5.82 Å². The molecule has 0 bridgehead atoms. The first-order valence-corrected chi connectivity index (χ1v) is 9.41. The first kappa shape index (κ1) is 21.1. The Kier molecular flexibility index (Phi) is 5.36. The van der Waals surface area contributed by atoms with E-state index in [1.54, 1.807) is 24.3 Å². The van der Waals surface area contributed by atoms with E-state index < -0.39 is 36.6 Å². The number of fused-ring (bicyclic) bond motifs is 3. The van der Waals surface area contributed by atoms with E-state index in [0.29, 0.717) is 11.3 Å². The zero-order chi connectivity index (χ0) is 22.3. The van der Waals surface area contributed by atoms with Crippen LogP contribution in [0.4, 0.5) is 13.2 Å². The number of benzene rings is 2. The number of methoxy groups -OCH3 is 1. The number of rotatable bonds is 4. The molecule has 2 aromatic carbocycles. The summed E-state index contributed by atoms with van der Waals surface area (Å²) >= 11 is 6.16. The third-order valence-corrected chi connectivity index (χ3v) is 5.06. The Labute approximate surface area is 179 Å². The molecule has 0 aliphatic carbocycles. The SMILES string of the molecule is COc1ccccc1C1OC(CC(=O)O)c2nnc(C(F)(F)F)n2-c2ccc(Cl)cc21. The van der Waals surface area contributed by atoms with Gasteiger partial charge in [-0.05, 0) is 24.3 Å². The van der Waals surface area contributed by atoms with Crippen molar-refractivity contribution in [3.05, 3.63) is 70.3 Å². The van der Waals surface area contributed by atoms with E-state index in [0.717, 1.165) is 4.57 Å². The van der Waals surface area contributed by atoms with Gasteiger partial charge in [-0.2, -0.15) is 13.2 Å². The highest BCUT2D eigenvalue weighted by Crippen LogP contribution is 2.45. The lowest BCUT2D eigenvalue weighted by Gasteiger charge is -2.23. The van der Waals surface area contributed by atoms with Crippen LogP contribution in [0.3, 0.4) is 0 Å². The summed E-state index contributed by atoms with van der Waals surface area (Å²) in [7, 11) is 1.44. The summed E-state index contributed by atoms with van der Waals surface area (Å²) in [6, 6.07) is 11.1. The molecule has 0 amide bonds. The van der Waals surface area contributed by atoms with Gasteiger partial charge in [0.05, 0.1) is 19.2 Å². The van der Waals surface area contributed by atoms with Crippen molar-refractivity contribution in [2.45, 2.75) is 24.8 Å². The van der Waals surface area contributed by atoms with Gasteiger partial charge in [-0.15, -0.1) is 10.2 Å². The van der Waals surface area contributed by atoms with E-state index in [2.05, 4.69) is 10.2 Å². The minimum absolute atomic E-state index is 0.0838. The topological polar surface area (TPSA) is 86.5 Å². The van der Waals surface area contributed by atoms with E-state index in [9.17, 15) is 23.1 Å². The Morgan fingerprint density at radius 3 is 2.65 bits per heavy atom. The fourth-order valence-corrected chi connectivity index (χ4v) is 3.77. The van der Waals surface area contributed by atoms with Crippen LogP contribution in [0.2, 0.25) is 5.02 Å². The number of aromatic nitrogens is 3. The van der Waals surface area contributed by atoms with Crippen molar-refractivity contribution in [3.8, 4) is 11.4 Å². The lowest BCUT2D eigenvalue weighted by atomic mass is 9.98. The maximum absolute atomic E-state index is 13.7. The average Bonchev–Trinajstić information content (AvgIpc) is 3.11. The molecule has 2 unspecified atom stereocenters. The van der Waals surface area contributed by atoms with Crippen molar-refractivity contribution in [1.29, 1.82) is 0 Å². The van der Waals surface area contributed by atoms with Crippen molar-refractivity contribution in [2.75, 3.05) is 7.11 Å². The number of nitrogens with zero attached hydrogens (tertiary/aromatic N) is 3. The van der Waals surface area contributed by atoms with Crippen LogP contribution in [0.1, 0.15) is 41.4 Å². The summed E-state index contributed by atoms with van der Waals surface area (Å²) in [5, 5.41) is 16.6. The second kappa shape index (κ2) is 7.86. The first-order chi connectivity index (χ1) is 14.7. The third-order valence-electron chi connectivity index (χ3n) is 4.82. The van der Waals surface area contributed by atoms with Crippen LogP contribution in [0.15, 0.2) is 42.5 Å². The minimum atomic E-state index is -4.83. The van der Waals surface area contributed by atoms with E-state index in [-0.39, 0.29) is 22.1 Å². The number of para-hydroxylation sites is 1. The van der Waals surface area contributed by atoms with Crippen LogP contribution >= 0.6 is 11.6 Å². The Bertz CT molecular complexity index is 1150. The molecule has 2 heterocycles. The standard InChI is InChI=1S/C20H15ClF3N3O4/c1-30-14-5-3-2-4-11(14)17-12-8-10(21)6-7-13(12)27-18(15(31-17)9-16(28)29)25-26-19(27)20(22,23)24/h2-8,15,17H,9H2,1H3,(H,28,29). The summed E-state index contributed by atoms with van der Waals surface area (Å²) in [6.45, 7) is 0. The van der Waals surface area contributed by atoms with Gasteiger partial charge in [-0.3, -0.25) is 9.36 Å². The molecule has 0 fully saturated rings. The molecule has 0 spiro atoms. The predicted molar refractivity (Wildman–Crippen MR) is 102 cm³/mol. The zero-order valence-corrected chi connectivity index (χ0v) is 16.7. The predicted octanol–water partition coefficient (Wildman–Crippen LogP) is 4.58. The molecule has 11 heteroatoms. The Balaban J connectivity index is 2.03. The highest BCUT2D eigenvalue weighted by Gasteiger charge is 2.43. The summed E-state index contributed by atoms with van der Waals surface area (Å²) in [6.07, 6.45) is -7.75. The van der Waals surface area contributed by atoms with Crippen molar-refractivity contribution < 1.29 is 32.5 Å². The third kappa shape index (κ3) is 3.84. The first-order valence-electron chi connectivity index (χ1n) is 9.03. The van der Waals surface area contributed by atoms with Crippen LogP contribution < -0.4 is 4.74 Å². The molecular formula is C20H15ClF3N3O4. The zero-order valence-electron chi connectivity index (χ0n) is 15.9. The maximum atomic E-state index is 13.7. The molecule has 1 aliphatic rings. The van der Waals surface area contributed by atoms with E-state index >= 15 is 0 Å². The monoisotopic (exact) mass is 453 g/mol. The van der Waals surface area contributed by atoms with Gasteiger partial charge in [0.15, 0.2) is 5.82 Å². The van der Waals surface area contributed by atoms with Crippen LogP contribution in [-0.2, 0) is 15.7 Å². The summed E-state index contributed by atoms with van der Waals surface area (Å²) < 4.78 is 53.4. The van der Waals surface area contributed by atoms with Gasteiger partial charge < -0.3 is 14.6 Å². The fraction of sp³-hybridized carbons (Fsp3) is 0.250. The second-order valence-electron chi connectivity index (χ2n) is 6.76. The van der Waals surface area contributed by atoms with Gasteiger partial charge in [0, 0.05) is 16.1 Å². The Hall–Kier alpha value is -3.11. The Morgan fingerprint density at radius 1 is 1.23 bits per heavy atom. The summed E-state index contributed by atoms with van der Waals surface area (Å²) in [5.41, 5.74) is 0.869. The van der Waals surface area contributed by atoms with Crippen LogP contribution in [0.5, 0.6) is 5.75 Å². The van der Waals surface area contributed by atoms with E-state index in [1.165, 1.54) is 25.3 Å². The number of carboxylic acids is 1. The summed E-state index contributed by atoms with van der Waals surface area (Å²) in [5.74, 6) is -2.40. The molecule has 0 radical (unpaired) electrons. The molecule has 2 atom stereocenters. The van der Waals surface area contributed by atoms with Gasteiger partial charge >= 0.3 is 12.1 Å². The molecular weight excluding hydrogens is 439 g/mol. The van der Waals surface area contributed by atoms with Gasteiger partial charge in [0.25, 0.3) is 0 Å². The fourth-order valence-electron chi connectivity index (χ4n) is 3.59. The largest absolute Gasteiger partial charge is 0.496 e. The Morgan fingerprint density at radius 2 is 1.97 bits per heavy atom. The number of aliphatic carboxylic acids is 1. The van der Waals surface area contributed by atoms with Crippen LogP contribution in [0.25, 0.3) is 5.69 Å². The van der Waals surface area contributed by atoms with Gasteiger partial charge in [0.1, 0.15) is 18.0 Å². The molecule has 31 heavy (non-hydrogen) atoms. The molecule has 162 valence electrons. The smallest absolute Gasteiger partial charge is 0.452 e. The minimum Gasteiger partial charge on any atom is -0.496 e. The van der Waals surface area contributed by atoms with Crippen LogP contribution in [0, 0.1) is 0 Å². The number of hydrogen-bond acceptors (Lipinski definition) is 5. The lowest BCUT2D eigenvalue weighted by molar-refractivity contribution is -0.146. The van der Waals surface area contributed by atoms with E-state index in [1.807, 2.05) is 0 Å². The quantitative estimate of drug-likeness (QED) is 0.622. The molecule has 0 saturated heterocycles. The van der Waals surface area contributed by atoms with Crippen molar-refractivity contribution in [3.63, 3.8) is 0 Å². The molecule has 4 rings (SSSR count). The number of carboxylic acid groups (broad SMARTS) is 1. The van der Waals surface area contributed by atoms with Crippen molar-refractivity contribution in [2.24, 2.45) is 0 Å². The highest BCUT2D eigenvalue weighted by atomic mass is 35.5. The number of hydrogen-bond donors (Lipinski definition) is 1. The number of ether oxygens (including phenoxy) is 2.